The Morgan fingerprint density at radius 2 is 2.16 bits per heavy atom. The number of rotatable bonds is 5. The van der Waals surface area contributed by atoms with Gasteiger partial charge in [0, 0.05) is 5.56 Å². The van der Waals surface area contributed by atoms with Crippen molar-refractivity contribution in [2.45, 2.75) is 19.9 Å². The van der Waals surface area contributed by atoms with Crippen molar-refractivity contribution < 1.29 is 9.15 Å². The van der Waals surface area contributed by atoms with Gasteiger partial charge < -0.3 is 14.5 Å². The zero-order valence-electron chi connectivity index (χ0n) is 11.4. The van der Waals surface area contributed by atoms with Crippen molar-refractivity contribution in [1.82, 2.24) is 5.32 Å². The second-order valence-electron chi connectivity index (χ2n) is 4.28. The molecular formula is C15H18BrNO2. The highest BCUT2D eigenvalue weighted by Gasteiger charge is 2.17. The van der Waals surface area contributed by atoms with Gasteiger partial charge in [0.2, 0.25) is 0 Å². The average molecular weight is 324 g/mol. The lowest BCUT2D eigenvalue weighted by Crippen LogP contribution is -2.17. The van der Waals surface area contributed by atoms with Gasteiger partial charge in [-0.25, -0.2) is 0 Å². The summed E-state index contributed by atoms with van der Waals surface area (Å²) < 4.78 is 11.9. The van der Waals surface area contributed by atoms with Crippen molar-refractivity contribution in [1.29, 1.82) is 0 Å². The van der Waals surface area contributed by atoms with Gasteiger partial charge in [-0.2, -0.15) is 0 Å². The first-order valence-corrected chi connectivity index (χ1v) is 7.10. The Morgan fingerprint density at radius 1 is 1.37 bits per heavy atom. The Hall–Kier alpha value is -1.26. The van der Waals surface area contributed by atoms with Gasteiger partial charge in [-0.3, -0.25) is 0 Å². The second kappa shape index (κ2) is 6.26. The zero-order valence-corrected chi connectivity index (χ0v) is 13.0. The predicted octanol–water partition coefficient (Wildman–Crippen LogP) is 4.06. The maximum Gasteiger partial charge on any atom is 0.133 e. The summed E-state index contributed by atoms with van der Waals surface area (Å²) in [7, 11) is 1.95. The first kappa shape index (κ1) is 14.2. The highest BCUT2D eigenvalue weighted by Crippen LogP contribution is 2.32. The topological polar surface area (TPSA) is 34.4 Å². The highest BCUT2D eigenvalue weighted by atomic mass is 79.9. The first-order valence-electron chi connectivity index (χ1n) is 6.30. The van der Waals surface area contributed by atoms with Gasteiger partial charge in [0.05, 0.1) is 23.4 Å². The van der Waals surface area contributed by atoms with E-state index < -0.39 is 0 Å². The molecule has 0 amide bonds. The summed E-state index contributed by atoms with van der Waals surface area (Å²) >= 11 is 3.55. The molecule has 19 heavy (non-hydrogen) atoms. The number of hydrogen-bond acceptors (Lipinski definition) is 3. The lowest BCUT2D eigenvalue weighted by Gasteiger charge is -2.17. The van der Waals surface area contributed by atoms with Gasteiger partial charge in [-0.15, -0.1) is 0 Å². The van der Waals surface area contributed by atoms with E-state index in [0.717, 1.165) is 21.5 Å². The maximum absolute atomic E-state index is 5.53. The van der Waals surface area contributed by atoms with Crippen LogP contribution in [-0.2, 0) is 0 Å². The van der Waals surface area contributed by atoms with Crippen molar-refractivity contribution in [3.63, 3.8) is 0 Å². The van der Waals surface area contributed by atoms with Gasteiger partial charge in [-0.1, -0.05) is 6.07 Å². The quantitative estimate of drug-likeness (QED) is 0.901. The Balaban J connectivity index is 2.34. The van der Waals surface area contributed by atoms with Gasteiger partial charge in [0.25, 0.3) is 0 Å². The third kappa shape index (κ3) is 3.01. The van der Waals surface area contributed by atoms with Crippen molar-refractivity contribution in [2.75, 3.05) is 13.7 Å². The van der Waals surface area contributed by atoms with Crippen LogP contribution in [0.2, 0.25) is 0 Å². The molecule has 1 N–H and O–H groups in total. The predicted molar refractivity (Wildman–Crippen MR) is 79.7 cm³/mol. The molecule has 0 saturated heterocycles. The molecular weight excluding hydrogens is 306 g/mol. The summed E-state index contributed by atoms with van der Waals surface area (Å²) in [6.07, 6.45) is 1.72. The Morgan fingerprint density at radius 3 is 2.68 bits per heavy atom. The maximum atomic E-state index is 5.53. The van der Waals surface area contributed by atoms with Crippen LogP contribution in [0, 0.1) is 6.92 Å². The summed E-state index contributed by atoms with van der Waals surface area (Å²) in [6.45, 7) is 4.61. The third-order valence-electron chi connectivity index (χ3n) is 3.09. The Kier molecular flexibility index (Phi) is 4.66. The summed E-state index contributed by atoms with van der Waals surface area (Å²) in [5.74, 6) is 1.80. The molecule has 0 fully saturated rings. The van der Waals surface area contributed by atoms with E-state index in [-0.39, 0.29) is 6.04 Å². The summed E-state index contributed by atoms with van der Waals surface area (Å²) in [4.78, 5) is 0. The van der Waals surface area contributed by atoms with Gasteiger partial charge in [0.15, 0.2) is 0 Å². The van der Waals surface area contributed by atoms with Crippen LogP contribution in [0.4, 0.5) is 0 Å². The van der Waals surface area contributed by atoms with E-state index >= 15 is 0 Å². The minimum atomic E-state index is 0.116. The molecule has 3 nitrogen and oxygen atoms in total. The van der Waals surface area contributed by atoms with Crippen LogP contribution in [0.15, 0.2) is 39.4 Å². The summed E-state index contributed by atoms with van der Waals surface area (Å²) in [5, 5.41) is 3.32. The molecule has 0 aliphatic carbocycles. The van der Waals surface area contributed by atoms with E-state index in [0.29, 0.717) is 6.61 Å². The molecule has 102 valence electrons. The van der Waals surface area contributed by atoms with Crippen molar-refractivity contribution in [3.05, 3.63) is 51.9 Å². The van der Waals surface area contributed by atoms with Crippen LogP contribution in [0.5, 0.6) is 5.75 Å². The summed E-state index contributed by atoms with van der Waals surface area (Å²) in [6, 6.07) is 8.26. The first-order chi connectivity index (χ1) is 9.17. The van der Waals surface area contributed by atoms with Crippen LogP contribution in [0.1, 0.15) is 29.9 Å². The highest BCUT2D eigenvalue weighted by molar-refractivity contribution is 9.10. The van der Waals surface area contributed by atoms with Gasteiger partial charge in [0.1, 0.15) is 11.5 Å². The minimum Gasteiger partial charge on any atom is -0.493 e. The molecule has 0 spiro atoms. The monoisotopic (exact) mass is 323 g/mol. The molecule has 0 bridgehead atoms. The smallest absolute Gasteiger partial charge is 0.133 e. The molecule has 1 unspecified atom stereocenters. The largest absolute Gasteiger partial charge is 0.493 e. The number of hydrogen-bond donors (Lipinski definition) is 1. The number of aryl methyl sites for hydroxylation is 1. The SMILES string of the molecule is CCOc1ccc(C(NC)c2ccoc2C)cc1Br. The Labute approximate surface area is 122 Å². The van der Waals surface area contributed by atoms with Gasteiger partial charge in [-0.05, 0) is 60.6 Å². The molecule has 1 heterocycles. The van der Waals surface area contributed by atoms with Crippen LogP contribution in [-0.4, -0.2) is 13.7 Å². The molecule has 4 heteroatoms. The summed E-state index contributed by atoms with van der Waals surface area (Å²) in [5.41, 5.74) is 2.32. The number of ether oxygens (including phenoxy) is 1. The van der Waals surface area contributed by atoms with Crippen LogP contribution < -0.4 is 10.1 Å². The van der Waals surface area contributed by atoms with Crippen molar-refractivity contribution >= 4 is 15.9 Å². The zero-order chi connectivity index (χ0) is 13.8. The Bertz CT molecular complexity index is 551. The van der Waals surface area contributed by atoms with E-state index in [4.69, 9.17) is 9.15 Å². The molecule has 0 radical (unpaired) electrons. The van der Waals surface area contributed by atoms with E-state index in [1.807, 2.05) is 33.0 Å². The second-order valence-corrected chi connectivity index (χ2v) is 5.13. The molecule has 1 atom stereocenters. The average Bonchev–Trinajstić information content (AvgIpc) is 2.80. The lowest BCUT2D eigenvalue weighted by molar-refractivity contribution is 0.338. The number of benzene rings is 1. The number of halogens is 1. The van der Waals surface area contributed by atoms with E-state index in [1.165, 1.54) is 5.56 Å². The van der Waals surface area contributed by atoms with Crippen LogP contribution >= 0.6 is 15.9 Å². The molecule has 0 aliphatic heterocycles. The lowest BCUT2D eigenvalue weighted by atomic mass is 9.99. The molecule has 1 aromatic heterocycles. The van der Waals surface area contributed by atoms with Crippen LogP contribution in [0.3, 0.4) is 0 Å². The van der Waals surface area contributed by atoms with E-state index in [2.05, 4.69) is 33.4 Å². The third-order valence-corrected chi connectivity index (χ3v) is 3.71. The van der Waals surface area contributed by atoms with E-state index in [1.54, 1.807) is 6.26 Å². The molecule has 1 aromatic carbocycles. The fraction of sp³-hybridized carbons (Fsp3) is 0.333. The van der Waals surface area contributed by atoms with Gasteiger partial charge >= 0.3 is 0 Å². The number of nitrogens with one attached hydrogen (secondary N) is 1. The fourth-order valence-corrected chi connectivity index (χ4v) is 2.68. The van der Waals surface area contributed by atoms with Crippen LogP contribution in [0.25, 0.3) is 0 Å². The van der Waals surface area contributed by atoms with Crippen molar-refractivity contribution in [2.24, 2.45) is 0 Å². The molecule has 0 saturated carbocycles. The fourth-order valence-electron chi connectivity index (χ4n) is 2.17. The molecule has 0 aliphatic rings. The normalized spacial score (nSPS) is 12.4. The van der Waals surface area contributed by atoms with E-state index in [9.17, 15) is 0 Å². The number of furan rings is 1. The molecule has 2 rings (SSSR count). The minimum absolute atomic E-state index is 0.116. The van der Waals surface area contributed by atoms with Crippen molar-refractivity contribution in [3.8, 4) is 5.75 Å². The standard InChI is InChI=1S/C15H18BrNO2/c1-4-18-14-6-5-11(9-13(14)16)15(17-3)12-7-8-19-10(12)2/h5-9,15,17H,4H2,1-3H3. The molecule has 2 aromatic rings.